The molecule has 1 aromatic carbocycles. The summed E-state index contributed by atoms with van der Waals surface area (Å²) in [5.74, 6) is 0. The highest BCUT2D eigenvalue weighted by Crippen LogP contribution is 2.33. The minimum absolute atomic E-state index is 0.0840. The summed E-state index contributed by atoms with van der Waals surface area (Å²) < 4.78 is 44.1. The highest BCUT2D eigenvalue weighted by atomic mass is 19.4. The van der Waals surface area contributed by atoms with E-state index in [-0.39, 0.29) is 6.54 Å². The van der Waals surface area contributed by atoms with Gasteiger partial charge in [-0.1, -0.05) is 0 Å². The van der Waals surface area contributed by atoms with Crippen LogP contribution in [0.1, 0.15) is 5.56 Å². The number of ether oxygens (including phenoxy) is 1. The number of fused-ring (bicyclic) bond motifs is 1. The number of aromatic nitrogens is 2. The summed E-state index contributed by atoms with van der Waals surface area (Å²) in [6.07, 6.45) is -4.68. The minimum atomic E-state index is -4.54. The molecule has 0 amide bonds. The molecule has 2 heterocycles. The van der Waals surface area contributed by atoms with Crippen LogP contribution in [-0.2, 0) is 4.74 Å². The second-order valence-electron chi connectivity index (χ2n) is 5.37. The minimum Gasteiger partial charge on any atom is -0.394 e. The number of nitrogens with zero attached hydrogens (tertiary/aromatic N) is 4. The monoisotopic (exact) mass is 338 g/mol. The van der Waals surface area contributed by atoms with Crippen molar-refractivity contribution in [2.24, 2.45) is 0 Å². The number of hydrogen-bond donors (Lipinski definition) is 1. The normalized spacial score (nSPS) is 21.7. The lowest BCUT2D eigenvalue weighted by molar-refractivity contribution is -0.238. The molecule has 1 N–H and O–H groups in total. The number of aliphatic hydroxyl groups excluding tert-OH is 1. The van der Waals surface area contributed by atoms with Crippen molar-refractivity contribution in [1.29, 1.82) is 5.26 Å². The Balaban J connectivity index is 2.05. The lowest BCUT2D eigenvalue weighted by Gasteiger charge is -2.39. The summed E-state index contributed by atoms with van der Waals surface area (Å²) in [6, 6.07) is 5.03. The molecule has 1 saturated heterocycles. The maximum absolute atomic E-state index is 13.1. The van der Waals surface area contributed by atoms with Gasteiger partial charge < -0.3 is 14.7 Å². The summed E-state index contributed by atoms with van der Waals surface area (Å²) in [5, 5.41) is 18.4. The molecule has 0 radical (unpaired) electrons. The molecule has 0 spiro atoms. The maximum atomic E-state index is 13.1. The first-order valence-electron chi connectivity index (χ1n) is 7.16. The van der Waals surface area contributed by atoms with Gasteiger partial charge in [0.1, 0.15) is 17.1 Å². The van der Waals surface area contributed by atoms with Gasteiger partial charge >= 0.3 is 6.18 Å². The molecule has 2 atom stereocenters. The van der Waals surface area contributed by atoms with Crippen molar-refractivity contribution >= 4 is 16.7 Å². The Morgan fingerprint density at radius 1 is 1.25 bits per heavy atom. The quantitative estimate of drug-likeness (QED) is 0.896. The molecule has 0 bridgehead atoms. The van der Waals surface area contributed by atoms with Gasteiger partial charge in [0.25, 0.3) is 0 Å². The molecule has 1 fully saturated rings. The van der Waals surface area contributed by atoms with Gasteiger partial charge in [0, 0.05) is 18.9 Å². The van der Waals surface area contributed by atoms with E-state index in [1.54, 1.807) is 6.07 Å². The van der Waals surface area contributed by atoms with Gasteiger partial charge in [0.05, 0.1) is 30.5 Å². The third-order valence-corrected chi connectivity index (χ3v) is 3.80. The fourth-order valence-corrected chi connectivity index (χ4v) is 2.71. The summed E-state index contributed by atoms with van der Waals surface area (Å²) in [7, 11) is 0. The Kier molecular flexibility index (Phi) is 4.26. The molecule has 2 unspecified atom stereocenters. The Hall–Kier alpha value is -2.44. The van der Waals surface area contributed by atoms with Crippen molar-refractivity contribution in [3.8, 4) is 6.07 Å². The van der Waals surface area contributed by atoms with E-state index in [0.29, 0.717) is 22.3 Å². The van der Waals surface area contributed by atoms with Crippen LogP contribution in [0.4, 0.5) is 18.9 Å². The average molecular weight is 338 g/mol. The van der Waals surface area contributed by atoms with Gasteiger partial charge in [-0.3, -0.25) is 9.97 Å². The molecule has 1 aliphatic rings. The first-order valence-corrected chi connectivity index (χ1v) is 7.16. The third kappa shape index (κ3) is 2.98. The molecule has 9 heteroatoms. The van der Waals surface area contributed by atoms with E-state index in [4.69, 9.17) is 10.00 Å². The summed E-state index contributed by atoms with van der Waals surface area (Å²) in [6.45, 7) is -0.860. The lowest BCUT2D eigenvalue weighted by Crippen LogP contribution is -2.54. The standard InChI is InChI=1S/C15H13F3N4O2/c16-15(17,18)12-7-22(6-10(8-23)24-12)11-2-1-9(5-19)13-14(11)21-4-3-20-13/h1-4,10,12,23H,6-8H2. The molecule has 2 aromatic rings. The van der Waals surface area contributed by atoms with Gasteiger partial charge in [0.15, 0.2) is 6.10 Å². The Morgan fingerprint density at radius 3 is 2.58 bits per heavy atom. The number of aliphatic hydroxyl groups is 1. The summed E-state index contributed by atoms with van der Waals surface area (Å²) >= 11 is 0. The molecule has 3 rings (SSSR count). The van der Waals surface area contributed by atoms with Crippen molar-refractivity contribution < 1.29 is 23.0 Å². The van der Waals surface area contributed by atoms with Crippen molar-refractivity contribution in [2.75, 3.05) is 24.6 Å². The van der Waals surface area contributed by atoms with Gasteiger partial charge in [-0.15, -0.1) is 0 Å². The molecular weight excluding hydrogens is 325 g/mol. The van der Waals surface area contributed by atoms with E-state index in [2.05, 4.69) is 9.97 Å². The number of alkyl halides is 3. The van der Waals surface area contributed by atoms with Crippen LogP contribution >= 0.6 is 0 Å². The molecular formula is C15H13F3N4O2. The summed E-state index contributed by atoms with van der Waals surface area (Å²) in [5.41, 5.74) is 1.39. The van der Waals surface area contributed by atoms with E-state index >= 15 is 0 Å². The number of halogens is 3. The van der Waals surface area contributed by atoms with Gasteiger partial charge in [-0.05, 0) is 12.1 Å². The topological polar surface area (TPSA) is 82.3 Å². The predicted octanol–water partition coefficient (Wildman–Crippen LogP) is 1.63. The Morgan fingerprint density at radius 2 is 1.96 bits per heavy atom. The fourth-order valence-electron chi connectivity index (χ4n) is 2.71. The van der Waals surface area contributed by atoms with E-state index in [1.807, 2.05) is 6.07 Å². The van der Waals surface area contributed by atoms with E-state index in [0.717, 1.165) is 0 Å². The highest BCUT2D eigenvalue weighted by Gasteiger charge is 2.46. The highest BCUT2D eigenvalue weighted by molar-refractivity contribution is 5.92. The molecule has 1 aliphatic heterocycles. The molecule has 0 saturated carbocycles. The zero-order valence-electron chi connectivity index (χ0n) is 12.4. The SMILES string of the molecule is N#Cc1ccc(N2CC(CO)OC(C(F)(F)F)C2)c2nccnc12. The number of morpholine rings is 1. The van der Waals surface area contributed by atoms with Crippen molar-refractivity contribution in [2.45, 2.75) is 18.4 Å². The van der Waals surface area contributed by atoms with Gasteiger partial charge in [-0.25, -0.2) is 0 Å². The van der Waals surface area contributed by atoms with Gasteiger partial charge in [0.2, 0.25) is 0 Å². The fraction of sp³-hybridized carbons (Fsp3) is 0.400. The van der Waals surface area contributed by atoms with Crippen LogP contribution in [0.2, 0.25) is 0 Å². The van der Waals surface area contributed by atoms with Crippen LogP contribution in [0.5, 0.6) is 0 Å². The van der Waals surface area contributed by atoms with Crippen LogP contribution in [0.3, 0.4) is 0 Å². The zero-order valence-corrected chi connectivity index (χ0v) is 12.4. The molecule has 0 aliphatic carbocycles. The van der Waals surface area contributed by atoms with Gasteiger partial charge in [-0.2, -0.15) is 18.4 Å². The number of hydrogen-bond acceptors (Lipinski definition) is 6. The summed E-state index contributed by atoms with van der Waals surface area (Å²) in [4.78, 5) is 9.72. The molecule has 1 aromatic heterocycles. The number of rotatable bonds is 2. The van der Waals surface area contributed by atoms with E-state index in [9.17, 15) is 18.3 Å². The molecule has 6 nitrogen and oxygen atoms in total. The van der Waals surface area contributed by atoms with E-state index in [1.165, 1.54) is 23.4 Å². The van der Waals surface area contributed by atoms with Crippen molar-refractivity contribution in [1.82, 2.24) is 9.97 Å². The van der Waals surface area contributed by atoms with Crippen molar-refractivity contribution in [3.63, 3.8) is 0 Å². The molecule has 126 valence electrons. The molecule has 24 heavy (non-hydrogen) atoms. The van der Waals surface area contributed by atoms with Crippen LogP contribution in [0.15, 0.2) is 24.5 Å². The van der Waals surface area contributed by atoms with Crippen LogP contribution < -0.4 is 4.90 Å². The van der Waals surface area contributed by atoms with Crippen LogP contribution in [-0.4, -0.2) is 53.2 Å². The Labute approximate surface area is 135 Å². The van der Waals surface area contributed by atoms with Crippen molar-refractivity contribution in [3.05, 3.63) is 30.1 Å². The van der Waals surface area contributed by atoms with E-state index < -0.39 is 31.5 Å². The van der Waals surface area contributed by atoms with Crippen LogP contribution in [0, 0.1) is 11.3 Å². The third-order valence-electron chi connectivity index (χ3n) is 3.80. The predicted molar refractivity (Wildman–Crippen MR) is 78.3 cm³/mol. The average Bonchev–Trinajstić information content (AvgIpc) is 2.59. The second kappa shape index (κ2) is 6.22. The smallest absolute Gasteiger partial charge is 0.394 e. The Bertz CT molecular complexity index is 790. The second-order valence-corrected chi connectivity index (χ2v) is 5.37. The zero-order chi connectivity index (χ0) is 17.3. The first kappa shape index (κ1) is 16.4. The largest absolute Gasteiger partial charge is 0.416 e. The lowest BCUT2D eigenvalue weighted by atomic mass is 10.1. The van der Waals surface area contributed by atoms with Crippen LogP contribution in [0.25, 0.3) is 11.0 Å². The number of nitriles is 1. The number of benzene rings is 1. The number of anilines is 1. The maximum Gasteiger partial charge on any atom is 0.416 e. The first-order chi connectivity index (χ1) is 11.4.